The summed E-state index contributed by atoms with van der Waals surface area (Å²) in [6.45, 7) is 2.29. The van der Waals surface area contributed by atoms with E-state index >= 15 is 0 Å². The van der Waals surface area contributed by atoms with E-state index in [1.54, 1.807) is 0 Å². The molecule has 0 aromatic heterocycles. The van der Waals surface area contributed by atoms with Crippen LogP contribution in [0.2, 0.25) is 0 Å². The predicted molar refractivity (Wildman–Crippen MR) is 64.0 cm³/mol. The van der Waals surface area contributed by atoms with Crippen molar-refractivity contribution >= 4 is 0 Å². The van der Waals surface area contributed by atoms with Gasteiger partial charge in [0.15, 0.2) is 0 Å². The van der Waals surface area contributed by atoms with Gasteiger partial charge < -0.3 is 10.5 Å². The van der Waals surface area contributed by atoms with Crippen molar-refractivity contribution in [3.63, 3.8) is 0 Å². The van der Waals surface area contributed by atoms with Crippen LogP contribution in [0.3, 0.4) is 0 Å². The quantitative estimate of drug-likeness (QED) is 0.837. The van der Waals surface area contributed by atoms with Gasteiger partial charge in [-0.15, -0.1) is 0 Å². The highest BCUT2D eigenvalue weighted by atomic mass is 19.4. The van der Waals surface area contributed by atoms with E-state index in [0.717, 1.165) is 12.1 Å². The molecule has 0 saturated heterocycles. The summed E-state index contributed by atoms with van der Waals surface area (Å²) in [5, 5.41) is 0. The summed E-state index contributed by atoms with van der Waals surface area (Å²) in [7, 11) is 1.54. The molecule has 0 amide bonds. The van der Waals surface area contributed by atoms with Gasteiger partial charge in [-0.2, -0.15) is 13.2 Å². The van der Waals surface area contributed by atoms with Gasteiger partial charge in [-0.1, -0.05) is 13.0 Å². The van der Waals surface area contributed by atoms with Crippen molar-refractivity contribution < 1.29 is 22.3 Å². The minimum atomic E-state index is -4.71. The van der Waals surface area contributed by atoms with E-state index in [1.165, 1.54) is 13.2 Å². The molecule has 1 rings (SSSR count). The van der Waals surface area contributed by atoms with Crippen molar-refractivity contribution in [3.8, 4) is 0 Å². The maximum atomic E-state index is 13.2. The van der Waals surface area contributed by atoms with Gasteiger partial charge in [0.25, 0.3) is 0 Å². The zero-order valence-corrected chi connectivity index (χ0v) is 10.8. The fourth-order valence-electron chi connectivity index (χ4n) is 1.78. The Kier molecular flexibility index (Phi) is 5.31. The molecule has 0 bridgehead atoms. The van der Waals surface area contributed by atoms with Crippen LogP contribution in [0.4, 0.5) is 17.6 Å². The van der Waals surface area contributed by atoms with Crippen molar-refractivity contribution in [2.24, 2.45) is 11.7 Å². The van der Waals surface area contributed by atoms with E-state index in [1.807, 2.05) is 6.92 Å². The van der Waals surface area contributed by atoms with Crippen LogP contribution in [0.1, 0.15) is 30.5 Å². The molecule has 0 heterocycles. The van der Waals surface area contributed by atoms with Gasteiger partial charge >= 0.3 is 6.18 Å². The van der Waals surface area contributed by atoms with E-state index in [2.05, 4.69) is 0 Å². The Labute approximate surface area is 109 Å². The summed E-state index contributed by atoms with van der Waals surface area (Å²) in [5.41, 5.74) is 4.89. The van der Waals surface area contributed by atoms with E-state index in [-0.39, 0.29) is 11.5 Å². The minimum absolute atomic E-state index is 0.0634. The first-order valence-corrected chi connectivity index (χ1v) is 5.88. The van der Waals surface area contributed by atoms with Gasteiger partial charge in [-0.25, -0.2) is 4.39 Å². The number of ether oxygens (including phenoxy) is 1. The molecule has 0 saturated carbocycles. The Morgan fingerprint density at radius 2 is 1.95 bits per heavy atom. The first-order chi connectivity index (χ1) is 8.77. The molecule has 0 fully saturated rings. The molecule has 1 aromatic carbocycles. The summed E-state index contributed by atoms with van der Waals surface area (Å²) in [6.07, 6.45) is -4.09. The van der Waals surface area contributed by atoms with Crippen LogP contribution in [0.5, 0.6) is 0 Å². The van der Waals surface area contributed by atoms with Crippen molar-refractivity contribution in [1.29, 1.82) is 0 Å². The maximum absolute atomic E-state index is 13.2. The number of methoxy groups -OCH3 is 1. The van der Waals surface area contributed by atoms with E-state index in [9.17, 15) is 17.6 Å². The van der Waals surface area contributed by atoms with Crippen LogP contribution in [0, 0.1) is 11.7 Å². The summed E-state index contributed by atoms with van der Waals surface area (Å²) >= 11 is 0. The standard InChI is InChI=1S/C13H17F4NO/c1-8(5-6-19-2)12(18)9-3-4-11(14)10(7-9)13(15,16)17/h3-4,7-8,12H,5-6,18H2,1-2H3. The Hall–Kier alpha value is -1.14. The molecule has 1 aromatic rings. The molecule has 2 nitrogen and oxygen atoms in total. The zero-order chi connectivity index (χ0) is 14.6. The Bertz CT molecular complexity index is 420. The second-order valence-corrected chi connectivity index (χ2v) is 4.52. The van der Waals surface area contributed by atoms with Crippen molar-refractivity contribution in [2.45, 2.75) is 25.6 Å². The molecule has 2 N–H and O–H groups in total. The van der Waals surface area contributed by atoms with E-state index in [4.69, 9.17) is 10.5 Å². The lowest BCUT2D eigenvalue weighted by atomic mass is 9.92. The SMILES string of the molecule is COCCC(C)C(N)c1ccc(F)c(C(F)(F)F)c1. The van der Waals surface area contributed by atoms with Crippen LogP contribution < -0.4 is 5.73 Å². The molecule has 6 heteroatoms. The largest absolute Gasteiger partial charge is 0.419 e. The molecule has 0 radical (unpaired) electrons. The Morgan fingerprint density at radius 1 is 1.32 bits per heavy atom. The topological polar surface area (TPSA) is 35.2 Å². The average Bonchev–Trinajstić information content (AvgIpc) is 2.34. The lowest BCUT2D eigenvalue weighted by molar-refractivity contribution is -0.140. The van der Waals surface area contributed by atoms with Gasteiger partial charge in [-0.05, 0) is 30.0 Å². The van der Waals surface area contributed by atoms with E-state index in [0.29, 0.717) is 13.0 Å². The molecular formula is C13H17F4NO. The van der Waals surface area contributed by atoms with Gasteiger partial charge in [0.1, 0.15) is 5.82 Å². The van der Waals surface area contributed by atoms with Crippen LogP contribution in [0.15, 0.2) is 18.2 Å². The number of benzene rings is 1. The molecule has 2 atom stereocenters. The number of hydrogen-bond donors (Lipinski definition) is 1. The number of hydrogen-bond acceptors (Lipinski definition) is 2. The van der Waals surface area contributed by atoms with Gasteiger partial charge in [-0.3, -0.25) is 0 Å². The number of alkyl halides is 3. The second kappa shape index (κ2) is 6.34. The third-order valence-corrected chi connectivity index (χ3v) is 3.07. The minimum Gasteiger partial charge on any atom is -0.385 e. The highest BCUT2D eigenvalue weighted by Crippen LogP contribution is 2.34. The fraction of sp³-hybridized carbons (Fsp3) is 0.538. The van der Waals surface area contributed by atoms with Gasteiger partial charge in [0, 0.05) is 19.8 Å². The Balaban J connectivity index is 2.95. The molecule has 0 aliphatic rings. The van der Waals surface area contributed by atoms with Gasteiger partial charge in [0.2, 0.25) is 0 Å². The number of rotatable bonds is 5. The van der Waals surface area contributed by atoms with Crippen LogP contribution in [-0.4, -0.2) is 13.7 Å². The second-order valence-electron chi connectivity index (χ2n) is 4.52. The third-order valence-electron chi connectivity index (χ3n) is 3.07. The summed E-state index contributed by atoms with van der Waals surface area (Å²) < 4.78 is 55.8. The monoisotopic (exact) mass is 279 g/mol. The molecule has 2 unspecified atom stereocenters. The zero-order valence-electron chi connectivity index (χ0n) is 10.8. The first kappa shape index (κ1) is 15.9. The third kappa shape index (κ3) is 4.18. The molecule has 108 valence electrons. The van der Waals surface area contributed by atoms with Gasteiger partial charge in [0.05, 0.1) is 5.56 Å². The molecular weight excluding hydrogens is 262 g/mol. The first-order valence-electron chi connectivity index (χ1n) is 5.88. The summed E-state index contributed by atoms with van der Waals surface area (Å²) in [5.74, 6) is -1.35. The van der Waals surface area contributed by atoms with Crippen molar-refractivity contribution in [3.05, 3.63) is 35.1 Å². The lowest BCUT2D eigenvalue weighted by Gasteiger charge is -2.21. The van der Waals surface area contributed by atoms with Crippen molar-refractivity contribution in [1.82, 2.24) is 0 Å². The molecule has 0 aliphatic carbocycles. The van der Waals surface area contributed by atoms with Crippen LogP contribution in [-0.2, 0) is 10.9 Å². The smallest absolute Gasteiger partial charge is 0.385 e. The van der Waals surface area contributed by atoms with Crippen molar-refractivity contribution in [2.75, 3.05) is 13.7 Å². The number of nitrogens with two attached hydrogens (primary N) is 1. The normalized spacial score (nSPS) is 15.3. The lowest BCUT2D eigenvalue weighted by Crippen LogP contribution is -2.21. The summed E-state index contributed by atoms with van der Waals surface area (Å²) in [4.78, 5) is 0. The predicted octanol–water partition coefficient (Wildman–Crippen LogP) is 3.52. The summed E-state index contributed by atoms with van der Waals surface area (Å²) in [6, 6.07) is 2.29. The van der Waals surface area contributed by atoms with Crippen LogP contribution >= 0.6 is 0 Å². The Morgan fingerprint density at radius 3 is 2.47 bits per heavy atom. The molecule has 0 aliphatic heterocycles. The highest BCUT2D eigenvalue weighted by Gasteiger charge is 2.34. The highest BCUT2D eigenvalue weighted by molar-refractivity contribution is 5.29. The fourth-order valence-corrected chi connectivity index (χ4v) is 1.78. The van der Waals surface area contributed by atoms with Crippen LogP contribution in [0.25, 0.3) is 0 Å². The molecule has 0 spiro atoms. The number of halogens is 4. The average molecular weight is 279 g/mol. The maximum Gasteiger partial charge on any atom is 0.419 e. The molecule has 19 heavy (non-hydrogen) atoms. The van der Waals surface area contributed by atoms with E-state index < -0.39 is 23.6 Å².